The van der Waals surface area contributed by atoms with Crippen molar-refractivity contribution in [3.8, 4) is 0 Å². The summed E-state index contributed by atoms with van der Waals surface area (Å²) in [5, 5.41) is 2.66. The minimum Gasteiger partial charge on any atom is -0.642 e. The Labute approximate surface area is 135 Å². The molecular weight excluding hydrogens is 329 g/mol. The largest absolute Gasteiger partial charge is 0.642 e. The predicted octanol–water partition coefficient (Wildman–Crippen LogP) is 5.50. The number of hydrogen-bond acceptors (Lipinski definition) is 0. The van der Waals surface area contributed by atoms with Gasteiger partial charge in [0.2, 0.25) is 0 Å². The van der Waals surface area contributed by atoms with Crippen LogP contribution in [0.3, 0.4) is 0 Å². The molecule has 0 atom stereocenters. The Morgan fingerprint density at radius 1 is 0.800 bits per heavy atom. The molecule has 0 aliphatic carbocycles. The van der Waals surface area contributed by atoms with Gasteiger partial charge in [-0.1, -0.05) is 34.6 Å². The van der Waals surface area contributed by atoms with Gasteiger partial charge in [0.15, 0.2) is 0 Å². The van der Waals surface area contributed by atoms with Crippen LogP contribution in [0.1, 0.15) is 27.8 Å². The summed E-state index contributed by atoms with van der Waals surface area (Å²) in [5.41, 5.74) is 7.34. The quantitative estimate of drug-likeness (QED) is 0.370. The van der Waals surface area contributed by atoms with Crippen molar-refractivity contribution in [2.75, 3.05) is 0 Å². The standard InChI is InChI=1S/C10H15.C9H7.Ru/c1-6-7(2)9(4)10(5)8(6)3;1-2-5-9-7-3-6-8(9)4-1;/h1-5H3;1-7H;/q-1;-5;. The van der Waals surface area contributed by atoms with E-state index in [2.05, 4.69) is 77.1 Å². The molecule has 112 valence electrons. The van der Waals surface area contributed by atoms with Gasteiger partial charge in [0.25, 0.3) is 0 Å². The molecule has 20 heavy (non-hydrogen) atoms. The van der Waals surface area contributed by atoms with Gasteiger partial charge in [0.05, 0.1) is 0 Å². The first-order valence-corrected chi connectivity index (χ1v) is 6.82. The topological polar surface area (TPSA) is 0 Å². The second-order valence-corrected chi connectivity index (χ2v) is 5.28. The molecule has 0 nitrogen and oxygen atoms in total. The SMILES string of the molecule is Cc1c(C)c(C)[c-](C)c1C.[Ru].c1cc[c-]2[cH-][cH-][cH-][c-]2c1. The molecule has 0 amide bonds. The number of benzene rings is 1. The maximum Gasteiger partial charge on any atom is 0 e. The Morgan fingerprint density at radius 2 is 1.20 bits per heavy atom. The van der Waals surface area contributed by atoms with Gasteiger partial charge in [0.1, 0.15) is 0 Å². The Balaban J connectivity index is 0.000000191. The van der Waals surface area contributed by atoms with E-state index in [1.165, 1.54) is 38.6 Å². The van der Waals surface area contributed by atoms with Gasteiger partial charge in [-0.25, -0.2) is 0 Å². The van der Waals surface area contributed by atoms with Crippen LogP contribution >= 0.6 is 0 Å². The van der Waals surface area contributed by atoms with Crippen LogP contribution in [0.25, 0.3) is 10.8 Å². The van der Waals surface area contributed by atoms with E-state index in [0.29, 0.717) is 0 Å². The van der Waals surface area contributed by atoms with Crippen LogP contribution in [-0.2, 0) is 19.5 Å². The summed E-state index contributed by atoms with van der Waals surface area (Å²) in [7, 11) is 0. The monoisotopic (exact) mass is 352 g/mol. The van der Waals surface area contributed by atoms with Crippen LogP contribution < -0.4 is 0 Å². The average molecular weight is 351 g/mol. The van der Waals surface area contributed by atoms with Crippen LogP contribution in [0, 0.1) is 34.6 Å². The second kappa shape index (κ2) is 7.00. The van der Waals surface area contributed by atoms with E-state index in [1.807, 2.05) is 0 Å². The number of fused-ring (bicyclic) bond motifs is 1. The van der Waals surface area contributed by atoms with E-state index in [9.17, 15) is 0 Å². The van der Waals surface area contributed by atoms with Gasteiger partial charge < -0.3 is 53.2 Å². The Bertz CT molecular complexity index is 573. The molecule has 0 radical (unpaired) electrons. The fourth-order valence-corrected chi connectivity index (χ4v) is 2.48. The third-order valence-corrected chi connectivity index (χ3v) is 4.36. The zero-order chi connectivity index (χ0) is 14.0. The molecule has 0 saturated carbocycles. The molecule has 0 fully saturated rings. The Hall–Kier alpha value is -1.20. The summed E-state index contributed by atoms with van der Waals surface area (Å²) >= 11 is 0. The first kappa shape index (κ1) is 16.9. The van der Waals surface area contributed by atoms with Crippen molar-refractivity contribution in [2.45, 2.75) is 34.6 Å². The molecular formula is C19H22Ru-6. The Kier molecular flexibility index (Phi) is 5.90. The molecule has 0 heterocycles. The molecule has 1 heteroatoms. The summed E-state index contributed by atoms with van der Waals surface area (Å²) in [6, 6.07) is 14.7. The van der Waals surface area contributed by atoms with Gasteiger partial charge in [-0.05, 0) is 0 Å². The maximum atomic E-state index is 2.20. The van der Waals surface area contributed by atoms with Crippen LogP contribution in [0.5, 0.6) is 0 Å². The second-order valence-electron chi connectivity index (χ2n) is 5.28. The first-order chi connectivity index (χ1) is 9.02. The van der Waals surface area contributed by atoms with Gasteiger partial charge >= 0.3 is 0 Å². The molecule has 0 unspecified atom stereocenters. The van der Waals surface area contributed by atoms with Crippen molar-refractivity contribution in [3.63, 3.8) is 0 Å². The van der Waals surface area contributed by atoms with Gasteiger partial charge in [-0.2, -0.15) is 27.8 Å². The zero-order valence-electron chi connectivity index (χ0n) is 12.9. The van der Waals surface area contributed by atoms with Crippen molar-refractivity contribution in [1.82, 2.24) is 0 Å². The molecule has 0 aliphatic rings. The van der Waals surface area contributed by atoms with E-state index in [4.69, 9.17) is 0 Å². The zero-order valence-corrected chi connectivity index (χ0v) is 14.6. The fourth-order valence-electron chi connectivity index (χ4n) is 2.48. The Morgan fingerprint density at radius 3 is 1.50 bits per heavy atom. The van der Waals surface area contributed by atoms with Crippen molar-refractivity contribution in [1.29, 1.82) is 0 Å². The minimum absolute atomic E-state index is 0. The van der Waals surface area contributed by atoms with Gasteiger partial charge in [-0.3, -0.25) is 0 Å². The smallest absolute Gasteiger partial charge is 0 e. The van der Waals surface area contributed by atoms with Crippen LogP contribution in [0.15, 0.2) is 42.5 Å². The van der Waals surface area contributed by atoms with Gasteiger partial charge in [0, 0.05) is 19.5 Å². The van der Waals surface area contributed by atoms with Crippen molar-refractivity contribution in [2.24, 2.45) is 0 Å². The van der Waals surface area contributed by atoms with Gasteiger partial charge in [-0.15, -0.1) is 0 Å². The molecule has 0 bridgehead atoms. The third-order valence-electron chi connectivity index (χ3n) is 4.36. The first-order valence-electron chi connectivity index (χ1n) is 6.82. The summed E-state index contributed by atoms with van der Waals surface area (Å²) in [5.74, 6) is 0. The molecule has 3 aromatic rings. The van der Waals surface area contributed by atoms with Crippen LogP contribution in [-0.4, -0.2) is 0 Å². The molecule has 0 aliphatic heterocycles. The average Bonchev–Trinajstić information content (AvgIpc) is 2.97. The van der Waals surface area contributed by atoms with E-state index < -0.39 is 0 Å². The third kappa shape index (κ3) is 3.27. The molecule has 3 rings (SSSR count). The summed E-state index contributed by atoms with van der Waals surface area (Å²) in [6.45, 7) is 11.0. The van der Waals surface area contributed by atoms with E-state index in [1.54, 1.807) is 0 Å². The summed E-state index contributed by atoms with van der Waals surface area (Å²) in [4.78, 5) is 0. The molecule has 3 aromatic carbocycles. The maximum absolute atomic E-state index is 2.20. The normalized spacial score (nSPS) is 9.85. The van der Waals surface area contributed by atoms with E-state index in [0.717, 1.165) is 0 Å². The van der Waals surface area contributed by atoms with E-state index >= 15 is 0 Å². The van der Waals surface area contributed by atoms with E-state index in [-0.39, 0.29) is 19.5 Å². The summed E-state index contributed by atoms with van der Waals surface area (Å²) < 4.78 is 0. The molecule has 0 spiro atoms. The molecule has 0 saturated heterocycles. The molecule has 0 N–H and O–H groups in total. The predicted molar refractivity (Wildman–Crippen MR) is 85.3 cm³/mol. The minimum atomic E-state index is 0. The van der Waals surface area contributed by atoms with Crippen molar-refractivity contribution >= 4 is 10.8 Å². The number of rotatable bonds is 0. The van der Waals surface area contributed by atoms with Crippen molar-refractivity contribution < 1.29 is 19.5 Å². The molecule has 0 aromatic heterocycles. The fraction of sp³-hybridized carbons (Fsp3) is 0.263. The van der Waals surface area contributed by atoms with Crippen LogP contribution in [0.2, 0.25) is 0 Å². The summed E-state index contributed by atoms with van der Waals surface area (Å²) in [6.07, 6.45) is 0. The van der Waals surface area contributed by atoms with Crippen LogP contribution in [0.4, 0.5) is 0 Å². The van der Waals surface area contributed by atoms with Crippen molar-refractivity contribution in [3.05, 3.63) is 70.3 Å². The number of hydrogen-bond donors (Lipinski definition) is 0.